The molecule has 2 aromatic carbocycles. The standard InChI is InChI=1S/C19H21BrN2O3S/c1-4-24-16-10-9-13(11-14(16)20)18(23)22-19(26)21-15-7-5-6-8-17(15)25-12(2)3/h5-12H,4H2,1-3H3,(H2,21,22,23,26). The van der Waals surface area contributed by atoms with Crippen molar-refractivity contribution in [1.82, 2.24) is 5.32 Å². The van der Waals surface area contributed by atoms with Crippen molar-refractivity contribution in [3.63, 3.8) is 0 Å². The number of rotatable bonds is 6. The summed E-state index contributed by atoms with van der Waals surface area (Å²) < 4.78 is 11.9. The van der Waals surface area contributed by atoms with Gasteiger partial charge in [-0.2, -0.15) is 0 Å². The van der Waals surface area contributed by atoms with E-state index in [0.717, 1.165) is 0 Å². The van der Waals surface area contributed by atoms with Crippen LogP contribution in [0.25, 0.3) is 0 Å². The van der Waals surface area contributed by atoms with E-state index in [9.17, 15) is 4.79 Å². The van der Waals surface area contributed by atoms with Gasteiger partial charge in [-0.1, -0.05) is 12.1 Å². The molecule has 0 unspecified atom stereocenters. The van der Waals surface area contributed by atoms with Crippen molar-refractivity contribution in [2.24, 2.45) is 0 Å². The summed E-state index contributed by atoms with van der Waals surface area (Å²) in [7, 11) is 0. The smallest absolute Gasteiger partial charge is 0.257 e. The number of carbonyl (C=O) groups is 1. The Morgan fingerprint density at radius 1 is 1.19 bits per heavy atom. The number of para-hydroxylation sites is 2. The molecule has 0 radical (unpaired) electrons. The van der Waals surface area contributed by atoms with Crippen molar-refractivity contribution in [2.75, 3.05) is 11.9 Å². The fraction of sp³-hybridized carbons (Fsp3) is 0.263. The number of carbonyl (C=O) groups excluding carboxylic acids is 1. The molecule has 0 aliphatic rings. The summed E-state index contributed by atoms with van der Waals surface area (Å²) in [5, 5.41) is 5.86. The number of ether oxygens (including phenoxy) is 2. The molecule has 0 heterocycles. The third-order valence-corrected chi connectivity index (χ3v) is 4.04. The van der Waals surface area contributed by atoms with E-state index in [4.69, 9.17) is 21.7 Å². The summed E-state index contributed by atoms with van der Waals surface area (Å²) >= 11 is 8.65. The summed E-state index contributed by atoms with van der Waals surface area (Å²) in [6.45, 7) is 6.34. The molecule has 0 atom stereocenters. The van der Waals surface area contributed by atoms with Gasteiger partial charge in [-0.3, -0.25) is 10.1 Å². The quantitative estimate of drug-likeness (QED) is 0.639. The van der Waals surface area contributed by atoms with Crippen LogP contribution in [0.3, 0.4) is 0 Å². The number of amides is 1. The van der Waals surface area contributed by atoms with Gasteiger partial charge >= 0.3 is 0 Å². The van der Waals surface area contributed by atoms with Crippen molar-refractivity contribution < 1.29 is 14.3 Å². The molecule has 5 nitrogen and oxygen atoms in total. The zero-order valence-electron chi connectivity index (χ0n) is 14.8. The van der Waals surface area contributed by atoms with Crippen LogP contribution < -0.4 is 20.1 Å². The monoisotopic (exact) mass is 436 g/mol. The van der Waals surface area contributed by atoms with E-state index in [0.29, 0.717) is 33.8 Å². The van der Waals surface area contributed by atoms with E-state index in [-0.39, 0.29) is 17.1 Å². The summed E-state index contributed by atoms with van der Waals surface area (Å²) in [4.78, 5) is 12.4. The molecule has 2 rings (SSSR count). The Morgan fingerprint density at radius 2 is 1.92 bits per heavy atom. The number of benzene rings is 2. The minimum Gasteiger partial charge on any atom is -0.493 e. The largest absolute Gasteiger partial charge is 0.493 e. The van der Waals surface area contributed by atoms with Crippen LogP contribution in [0.1, 0.15) is 31.1 Å². The van der Waals surface area contributed by atoms with Crippen molar-refractivity contribution in [3.05, 3.63) is 52.5 Å². The zero-order chi connectivity index (χ0) is 19.1. The maximum absolute atomic E-state index is 12.4. The first-order valence-electron chi connectivity index (χ1n) is 8.21. The highest BCUT2D eigenvalue weighted by atomic mass is 79.9. The minimum absolute atomic E-state index is 0.0299. The number of anilines is 1. The summed E-state index contributed by atoms with van der Waals surface area (Å²) in [6.07, 6.45) is 0.0299. The number of halogens is 1. The Morgan fingerprint density at radius 3 is 2.58 bits per heavy atom. The van der Waals surface area contributed by atoms with Gasteiger partial charge in [0.25, 0.3) is 5.91 Å². The number of hydrogen-bond donors (Lipinski definition) is 2. The normalized spacial score (nSPS) is 10.3. The van der Waals surface area contributed by atoms with Crippen molar-refractivity contribution in [3.8, 4) is 11.5 Å². The highest BCUT2D eigenvalue weighted by Crippen LogP contribution is 2.26. The topological polar surface area (TPSA) is 59.6 Å². The summed E-state index contributed by atoms with van der Waals surface area (Å²) in [5.41, 5.74) is 1.16. The number of hydrogen-bond acceptors (Lipinski definition) is 4. The second-order valence-corrected chi connectivity index (χ2v) is 6.91. The number of thiocarbonyl (C=S) groups is 1. The molecule has 1 amide bonds. The molecule has 138 valence electrons. The molecule has 0 fully saturated rings. The van der Waals surface area contributed by atoms with Gasteiger partial charge < -0.3 is 14.8 Å². The maximum Gasteiger partial charge on any atom is 0.257 e. The molecular formula is C19H21BrN2O3S. The Kier molecular flexibility index (Phi) is 7.41. The molecule has 26 heavy (non-hydrogen) atoms. The molecule has 0 aromatic heterocycles. The average molecular weight is 437 g/mol. The van der Waals surface area contributed by atoms with Crippen molar-refractivity contribution >= 4 is 44.9 Å². The average Bonchev–Trinajstić information content (AvgIpc) is 2.58. The third-order valence-electron chi connectivity index (χ3n) is 3.22. The summed E-state index contributed by atoms with van der Waals surface area (Å²) in [5.74, 6) is 1.04. The SMILES string of the molecule is CCOc1ccc(C(=O)NC(=S)Nc2ccccc2OC(C)C)cc1Br. The van der Waals surface area contributed by atoms with E-state index in [1.165, 1.54) is 0 Å². The molecule has 2 aromatic rings. The predicted molar refractivity (Wildman–Crippen MR) is 111 cm³/mol. The maximum atomic E-state index is 12.4. The molecule has 0 spiro atoms. The molecule has 0 saturated carbocycles. The van der Waals surface area contributed by atoms with Gasteiger partial charge in [0.2, 0.25) is 0 Å². The first kappa shape index (κ1) is 20.2. The van der Waals surface area contributed by atoms with Gasteiger partial charge in [-0.15, -0.1) is 0 Å². The minimum atomic E-state index is -0.312. The van der Waals surface area contributed by atoms with Crippen LogP contribution in [0.4, 0.5) is 5.69 Å². The third kappa shape index (κ3) is 5.71. The van der Waals surface area contributed by atoms with Crippen LogP contribution in [-0.4, -0.2) is 23.7 Å². The first-order chi connectivity index (χ1) is 12.4. The van der Waals surface area contributed by atoms with Gasteiger partial charge in [-0.25, -0.2) is 0 Å². The van der Waals surface area contributed by atoms with Crippen LogP contribution in [0.15, 0.2) is 46.9 Å². The van der Waals surface area contributed by atoms with E-state index >= 15 is 0 Å². The zero-order valence-corrected chi connectivity index (χ0v) is 17.2. The molecule has 2 N–H and O–H groups in total. The Labute approximate surface area is 167 Å². The second-order valence-electron chi connectivity index (χ2n) is 5.65. The molecule has 0 aliphatic heterocycles. The lowest BCUT2D eigenvalue weighted by molar-refractivity contribution is 0.0977. The van der Waals surface area contributed by atoms with Gasteiger partial charge in [0.15, 0.2) is 5.11 Å². The van der Waals surface area contributed by atoms with Gasteiger partial charge in [0, 0.05) is 5.56 Å². The van der Waals surface area contributed by atoms with Gasteiger partial charge in [0.05, 0.1) is 22.9 Å². The molecule has 0 aliphatic carbocycles. The van der Waals surface area contributed by atoms with Crippen LogP contribution in [-0.2, 0) is 0 Å². The Balaban J connectivity index is 2.04. The molecular weight excluding hydrogens is 416 g/mol. The lowest BCUT2D eigenvalue weighted by atomic mass is 10.2. The molecule has 0 saturated heterocycles. The molecule has 0 bridgehead atoms. The molecule has 7 heteroatoms. The van der Waals surface area contributed by atoms with E-state index < -0.39 is 0 Å². The Hall–Kier alpha value is -2.12. The van der Waals surface area contributed by atoms with E-state index in [1.807, 2.05) is 45.0 Å². The second kappa shape index (κ2) is 9.54. The van der Waals surface area contributed by atoms with Crippen molar-refractivity contribution in [1.29, 1.82) is 0 Å². The summed E-state index contributed by atoms with van der Waals surface area (Å²) in [6, 6.07) is 12.5. The van der Waals surface area contributed by atoms with Crippen LogP contribution in [0.5, 0.6) is 11.5 Å². The number of nitrogens with one attached hydrogen (secondary N) is 2. The fourth-order valence-electron chi connectivity index (χ4n) is 2.17. The predicted octanol–water partition coefficient (Wildman–Crippen LogP) is 4.76. The van der Waals surface area contributed by atoms with Crippen LogP contribution >= 0.6 is 28.1 Å². The highest BCUT2D eigenvalue weighted by molar-refractivity contribution is 9.10. The Bertz CT molecular complexity index is 796. The lowest BCUT2D eigenvalue weighted by Crippen LogP contribution is -2.34. The van der Waals surface area contributed by atoms with E-state index in [1.54, 1.807) is 18.2 Å². The van der Waals surface area contributed by atoms with Crippen LogP contribution in [0, 0.1) is 0 Å². The lowest BCUT2D eigenvalue weighted by Gasteiger charge is -2.16. The van der Waals surface area contributed by atoms with Crippen LogP contribution in [0.2, 0.25) is 0 Å². The van der Waals surface area contributed by atoms with Crippen molar-refractivity contribution in [2.45, 2.75) is 26.9 Å². The highest BCUT2D eigenvalue weighted by Gasteiger charge is 2.12. The van der Waals surface area contributed by atoms with Gasteiger partial charge in [0.1, 0.15) is 11.5 Å². The first-order valence-corrected chi connectivity index (χ1v) is 9.41. The van der Waals surface area contributed by atoms with E-state index in [2.05, 4.69) is 26.6 Å². The van der Waals surface area contributed by atoms with Gasteiger partial charge in [-0.05, 0) is 79.3 Å². The fourth-order valence-corrected chi connectivity index (χ4v) is 2.87.